The Morgan fingerprint density at radius 2 is 1.76 bits per heavy atom. The average molecular weight is 550 g/mol. The molecule has 12 heteroatoms. The SMILES string of the molecule is C[NH2+]CC(=O)Nc1ccccc1C(=O)NC(=O)Nc1ccc(Oc2ncc(Br)cn2)c(C)c1.[Cl-]. The number of anilines is 2. The zero-order chi connectivity index (χ0) is 23.8. The van der Waals surface area contributed by atoms with Crippen LogP contribution in [0.1, 0.15) is 15.9 Å². The number of likely N-dealkylation sites (N-methyl/N-ethyl adjacent to an activating group) is 1. The molecule has 0 bridgehead atoms. The molecule has 4 amide bonds. The van der Waals surface area contributed by atoms with Crippen molar-refractivity contribution in [1.29, 1.82) is 0 Å². The molecule has 0 aliphatic carbocycles. The van der Waals surface area contributed by atoms with Crippen LogP contribution < -0.4 is 38.4 Å². The first-order valence-electron chi connectivity index (χ1n) is 9.91. The third kappa shape index (κ3) is 7.51. The maximum Gasteiger partial charge on any atom is 0.326 e. The topological polar surface area (TPSA) is 139 Å². The maximum absolute atomic E-state index is 12.6. The van der Waals surface area contributed by atoms with E-state index in [1.807, 2.05) is 0 Å². The Labute approximate surface area is 210 Å². The Morgan fingerprint density at radius 3 is 2.44 bits per heavy atom. The molecule has 5 N–H and O–H groups in total. The van der Waals surface area contributed by atoms with Crippen LogP contribution in [0.15, 0.2) is 59.3 Å². The number of urea groups is 1. The van der Waals surface area contributed by atoms with Crippen LogP contribution in [0.4, 0.5) is 16.2 Å². The van der Waals surface area contributed by atoms with Crippen LogP contribution in [-0.4, -0.2) is 41.4 Å². The molecule has 2 aromatic carbocycles. The number of nitrogens with two attached hydrogens (primary N) is 1. The van der Waals surface area contributed by atoms with Crippen LogP contribution in [0, 0.1) is 6.92 Å². The largest absolute Gasteiger partial charge is 1.00 e. The molecular formula is C22H22BrClN6O4. The van der Waals surface area contributed by atoms with Gasteiger partial charge in [0.2, 0.25) is 0 Å². The van der Waals surface area contributed by atoms with Crippen LogP contribution in [0.25, 0.3) is 0 Å². The molecule has 3 rings (SSSR count). The van der Waals surface area contributed by atoms with E-state index in [2.05, 4.69) is 41.8 Å². The first-order valence-corrected chi connectivity index (χ1v) is 10.7. The number of nitrogens with one attached hydrogen (secondary N) is 3. The van der Waals surface area contributed by atoms with Crippen molar-refractivity contribution in [2.75, 3.05) is 24.2 Å². The normalized spacial score (nSPS) is 9.97. The second-order valence-electron chi connectivity index (χ2n) is 6.88. The molecular weight excluding hydrogens is 528 g/mol. The van der Waals surface area contributed by atoms with Crippen LogP contribution in [0.5, 0.6) is 11.8 Å². The van der Waals surface area contributed by atoms with Crippen molar-refractivity contribution in [2.24, 2.45) is 0 Å². The number of aryl methyl sites for hydroxylation is 1. The average Bonchev–Trinajstić information content (AvgIpc) is 2.77. The second kappa shape index (κ2) is 12.6. The fraction of sp³-hybridized carbons (Fsp3) is 0.136. The highest BCUT2D eigenvalue weighted by atomic mass is 79.9. The summed E-state index contributed by atoms with van der Waals surface area (Å²) in [6.45, 7) is 2.01. The number of amides is 4. The van der Waals surface area contributed by atoms with Gasteiger partial charge in [0.15, 0.2) is 6.54 Å². The number of carbonyl (C=O) groups excluding carboxylic acids is 3. The van der Waals surface area contributed by atoms with E-state index in [9.17, 15) is 14.4 Å². The lowest BCUT2D eigenvalue weighted by Crippen LogP contribution is -3.00. The molecule has 0 aliphatic rings. The van der Waals surface area contributed by atoms with Gasteiger partial charge in [-0.25, -0.2) is 14.8 Å². The van der Waals surface area contributed by atoms with Gasteiger partial charge in [-0.2, -0.15) is 0 Å². The van der Waals surface area contributed by atoms with E-state index in [0.29, 0.717) is 17.1 Å². The van der Waals surface area contributed by atoms with E-state index in [1.54, 1.807) is 68.1 Å². The zero-order valence-corrected chi connectivity index (χ0v) is 20.6. The molecule has 0 fully saturated rings. The number of hydrogen-bond donors (Lipinski definition) is 4. The molecule has 0 saturated carbocycles. The number of imide groups is 1. The van der Waals surface area contributed by atoms with Crippen LogP contribution in [-0.2, 0) is 4.79 Å². The minimum absolute atomic E-state index is 0. The van der Waals surface area contributed by atoms with Gasteiger partial charge in [-0.1, -0.05) is 12.1 Å². The molecule has 0 spiro atoms. The molecule has 0 saturated heterocycles. The van der Waals surface area contributed by atoms with Gasteiger partial charge in [-0.15, -0.1) is 0 Å². The fourth-order valence-corrected chi connectivity index (χ4v) is 3.01. The summed E-state index contributed by atoms with van der Waals surface area (Å²) in [5.74, 6) is -0.380. The van der Waals surface area contributed by atoms with E-state index < -0.39 is 11.9 Å². The molecule has 0 aliphatic heterocycles. The van der Waals surface area contributed by atoms with Gasteiger partial charge in [0.1, 0.15) is 5.75 Å². The van der Waals surface area contributed by atoms with Gasteiger partial charge in [0, 0.05) is 18.1 Å². The zero-order valence-electron chi connectivity index (χ0n) is 18.3. The summed E-state index contributed by atoms with van der Waals surface area (Å²) in [5.41, 5.74) is 1.68. The Kier molecular flexibility index (Phi) is 9.92. The monoisotopic (exact) mass is 548 g/mol. The Bertz CT molecular complexity index is 1180. The number of para-hydroxylation sites is 1. The highest BCUT2D eigenvalue weighted by Crippen LogP contribution is 2.25. The molecule has 10 nitrogen and oxygen atoms in total. The number of rotatable bonds is 7. The third-order valence-corrected chi connectivity index (χ3v) is 4.70. The smallest absolute Gasteiger partial charge is 0.326 e. The standard InChI is InChI=1S/C22H21BrN6O4.ClH/c1-13-9-15(7-8-18(13)33-22-25-10-14(23)11-26-22)27-21(32)29-20(31)16-5-3-4-6-17(16)28-19(30)12-24-2;/h3-11,24H,12H2,1-2H3,(H,28,30)(H2,27,29,31,32);1H. The van der Waals surface area contributed by atoms with E-state index in [0.717, 1.165) is 10.0 Å². The number of ether oxygens (including phenoxy) is 1. The Morgan fingerprint density at radius 1 is 1.06 bits per heavy atom. The predicted molar refractivity (Wildman–Crippen MR) is 125 cm³/mol. The van der Waals surface area contributed by atoms with Crippen molar-refractivity contribution >= 4 is 45.2 Å². The Balaban J connectivity index is 0.00000408. The van der Waals surface area contributed by atoms with Gasteiger partial charge >= 0.3 is 12.0 Å². The number of quaternary nitrogens is 1. The minimum atomic E-state index is -0.715. The first-order chi connectivity index (χ1) is 15.9. The molecule has 1 aromatic heterocycles. The molecule has 3 aromatic rings. The summed E-state index contributed by atoms with van der Waals surface area (Å²) < 4.78 is 6.38. The first kappa shape index (κ1) is 26.7. The highest BCUT2D eigenvalue weighted by Gasteiger charge is 2.16. The van der Waals surface area contributed by atoms with Crippen molar-refractivity contribution in [3.05, 3.63) is 70.5 Å². The second-order valence-corrected chi connectivity index (χ2v) is 7.80. The molecule has 0 unspecified atom stereocenters. The predicted octanol–water partition coefficient (Wildman–Crippen LogP) is -0.563. The quantitative estimate of drug-likeness (QED) is 0.312. The van der Waals surface area contributed by atoms with Crippen molar-refractivity contribution in [3.8, 4) is 11.8 Å². The van der Waals surface area contributed by atoms with E-state index in [1.165, 1.54) is 6.07 Å². The van der Waals surface area contributed by atoms with Crippen molar-refractivity contribution in [1.82, 2.24) is 15.3 Å². The number of aromatic nitrogens is 2. The molecule has 1 heterocycles. The number of benzene rings is 2. The molecule has 34 heavy (non-hydrogen) atoms. The number of hydrogen-bond acceptors (Lipinski definition) is 6. The van der Waals surface area contributed by atoms with Crippen molar-refractivity contribution < 1.29 is 36.8 Å². The van der Waals surface area contributed by atoms with Gasteiger partial charge in [0.25, 0.3) is 11.8 Å². The summed E-state index contributed by atoms with van der Waals surface area (Å²) >= 11 is 3.26. The lowest BCUT2D eigenvalue weighted by atomic mass is 10.1. The Hall–Kier alpha value is -3.54. The van der Waals surface area contributed by atoms with E-state index in [4.69, 9.17) is 4.74 Å². The van der Waals surface area contributed by atoms with Crippen molar-refractivity contribution in [2.45, 2.75) is 6.92 Å². The lowest BCUT2D eigenvalue weighted by Gasteiger charge is -2.12. The summed E-state index contributed by atoms with van der Waals surface area (Å²) in [5, 5.41) is 9.24. The highest BCUT2D eigenvalue weighted by molar-refractivity contribution is 9.10. The third-order valence-electron chi connectivity index (χ3n) is 4.29. The van der Waals surface area contributed by atoms with E-state index >= 15 is 0 Å². The number of nitrogens with zero attached hydrogens (tertiary/aromatic N) is 2. The van der Waals surface area contributed by atoms with Crippen LogP contribution in [0.2, 0.25) is 0 Å². The summed E-state index contributed by atoms with van der Waals surface area (Å²) in [7, 11) is 1.76. The van der Waals surface area contributed by atoms with Gasteiger partial charge in [-0.3, -0.25) is 14.9 Å². The number of carbonyl (C=O) groups is 3. The summed E-state index contributed by atoms with van der Waals surface area (Å²) in [6.07, 6.45) is 3.14. The molecule has 0 atom stereocenters. The number of halogens is 2. The van der Waals surface area contributed by atoms with E-state index in [-0.39, 0.29) is 36.4 Å². The molecule has 178 valence electrons. The van der Waals surface area contributed by atoms with Crippen LogP contribution >= 0.6 is 15.9 Å². The molecule has 0 radical (unpaired) electrons. The maximum atomic E-state index is 12.6. The minimum Gasteiger partial charge on any atom is -1.00 e. The van der Waals surface area contributed by atoms with Crippen molar-refractivity contribution in [3.63, 3.8) is 0 Å². The lowest BCUT2D eigenvalue weighted by molar-refractivity contribution is -0.615. The van der Waals surface area contributed by atoms with Gasteiger partial charge < -0.3 is 33.1 Å². The van der Waals surface area contributed by atoms with Gasteiger partial charge in [0.05, 0.1) is 22.8 Å². The fourth-order valence-electron chi connectivity index (χ4n) is 2.80. The summed E-state index contributed by atoms with van der Waals surface area (Å²) in [4.78, 5) is 44.9. The summed E-state index contributed by atoms with van der Waals surface area (Å²) in [6, 6.07) is 10.9. The van der Waals surface area contributed by atoms with Crippen LogP contribution in [0.3, 0.4) is 0 Å². The van der Waals surface area contributed by atoms with Gasteiger partial charge in [-0.05, 0) is 58.7 Å².